The quantitative estimate of drug-likeness (QED) is 0.647. The Kier molecular flexibility index (Phi) is 3.23. The van der Waals surface area contributed by atoms with Gasteiger partial charge in [0.15, 0.2) is 0 Å². The molecule has 0 atom stereocenters. The maximum absolute atomic E-state index is 12.5. The monoisotopic (exact) mass is 256 g/mol. The van der Waals surface area contributed by atoms with E-state index in [0.717, 1.165) is 0 Å². The SMILES string of the molecule is CN1CCN(C(=O)C(F)(F)Br)CC1. The van der Waals surface area contributed by atoms with Crippen LogP contribution in [0.15, 0.2) is 0 Å². The van der Waals surface area contributed by atoms with Crippen molar-refractivity contribution >= 4 is 21.8 Å². The van der Waals surface area contributed by atoms with Crippen LogP contribution in [0.5, 0.6) is 0 Å². The minimum atomic E-state index is -3.41. The minimum Gasteiger partial charge on any atom is -0.334 e. The lowest BCUT2D eigenvalue weighted by atomic mass is 10.3. The van der Waals surface area contributed by atoms with Crippen LogP contribution < -0.4 is 0 Å². The number of carbonyl (C=O) groups excluding carboxylic acids is 1. The molecule has 1 aliphatic rings. The predicted octanol–water partition coefficient (Wildman–Crippen LogP) is 0.748. The van der Waals surface area contributed by atoms with Crippen molar-refractivity contribution in [1.29, 1.82) is 0 Å². The molecule has 0 radical (unpaired) electrons. The van der Waals surface area contributed by atoms with Crippen LogP contribution in [0, 0.1) is 0 Å². The zero-order valence-corrected chi connectivity index (χ0v) is 8.85. The van der Waals surface area contributed by atoms with Crippen molar-refractivity contribution in [3.05, 3.63) is 0 Å². The summed E-state index contributed by atoms with van der Waals surface area (Å²) in [5, 5.41) is 0. The number of hydrogen-bond acceptors (Lipinski definition) is 2. The third-order valence-corrected chi connectivity index (χ3v) is 2.37. The molecule has 1 heterocycles. The predicted molar refractivity (Wildman–Crippen MR) is 48.0 cm³/mol. The van der Waals surface area contributed by atoms with Gasteiger partial charge < -0.3 is 9.80 Å². The Bertz CT molecular complexity index is 199. The average molecular weight is 257 g/mol. The molecule has 13 heavy (non-hydrogen) atoms. The van der Waals surface area contributed by atoms with Gasteiger partial charge in [0.05, 0.1) is 0 Å². The second-order valence-electron chi connectivity index (χ2n) is 3.09. The summed E-state index contributed by atoms with van der Waals surface area (Å²) in [6.45, 7) is 2.04. The van der Waals surface area contributed by atoms with E-state index in [1.54, 1.807) is 0 Å². The van der Waals surface area contributed by atoms with Crippen LogP contribution in [-0.2, 0) is 4.79 Å². The molecule has 0 saturated carbocycles. The van der Waals surface area contributed by atoms with Gasteiger partial charge in [0, 0.05) is 42.1 Å². The van der Waals surface area contributed by atoms with Crippen molar-refractivity contribution < 1.29 is 13.6 Å². The average Bonchev–Trinajstić information content (AvgIpc) is 2.03. The van der Waals surface area contributed by atoms with Crippen LogP contribution in [0.2, 0.25) is 0 Å². The van der Waals surface area contributed by atoms with E-state index in [9.17, 15) is 13.6 Å². The number of piperazine rings is 1. The number of nitrogens with zero attached hydrogens (tertiary/aromatic N) is 2. The molecular formula is C7H11BrF2N2O. The molecule has 0 aromatic rings. The maximum Gasteiger partial charge on any atom is 0.377 e. The fourth-order valence-electron chi connectivity index (χ4n) is 1.19. The van der Waals surface area contributed by atoms with E-state index < -0.39 is 10.7 Å². The molecule has 0 N–H and O–H groups in total. The fraction of sp³-hybridized carbons (Fsp3) is 0.857. The molecule has 3 nitrogen and oxygen atoms in total. The normalized spacial score (nSPS) is 20.5. The number of halogens is 3. The Balaban J connectivity index is 2.50. The van der Waals surface area contributed by atoms with E-state index in [0.29, 0.717) is 26.2 Å². The molecule has 0 spiro atoms. The standard InChI is InChI=1S/C7H11BrF2N2O/c1-11-2-4-12(5-3-11)6(13)7(8,9)10/h2-5H2,1H3. The summed E-state index contributed by atoms with van der Waals surface area (Å²) in [5.41, 5.74) is 0. The molecule has 1 aliphatic heterocycles. The molecule has 1 rings (SSSR count). The van der Waals surface area contributed by atoms with Crippen LogP contribution >= 0.6 is 15.9 Å². The third kappa shape index (κ3) is 2.87. The summed E-state index contributed by atoms with van der Waals surface area (Å²) in [4.78, 5) is 10.8. The molecule has 1 fully saturated rings. The van der Waals surface area contributed by atoms with Crippen molar-refractivity contribution in [2.75, 3.05) is 33.2 Å². The molecular weight excluding hydrogens is 246 g/mol. The van der Waals surface area contributed by atoms with Gasteiger partial charge in [0.2, 0.25) is 0 Å². The molecule has 0 aromatic carbocycles. The Morgan fingerprint density at radius 3 is 2.15 bits per heavy atom. The Labute approximate surface area is 83.8 Å². The van der Waals surface area contributed by atoms with Crippen molar-refractivity contribution in [3.63, 3.8) is 0 Å². The summed E-state index contributed by atoms with van der Waals surface area (Å²) >= 11 is 2.06. The topological polar surface area (TPSA) is 23.6 Å². The van der Waals surface area contributed by atoms with Crippen molar-refractivity contribution in [2.45, 2.75) is 4.83 Å². The molecule has 0 aromatic heterocycles. The molecule has 0 unspecified atom stereocenters. The van der Waals surface area contributed by atoms with E-state index in [-0.39, 0.29) is 0 Å². The Hall–Kier alpha value is -0.230. The Morgan fingerprint density at radius 2 is 1.77 bits per heavy atom. The number of likely N-dealkylation sites (N-methyl/N-ethyl adjacent to an activating group) is 1. The molecule has 0 aliphatic carbocycles. The highest BCUT2D eigenvalue weighted by atomic mass is 79.9. The van der Waals surface area contributed by atoms with Gasteiger partial charge >= 0.3 is 10.7 Å². The lowest BCUT2D eigenvalue weighted by Crippen LogP contribution is -2.50. The molecule has 76 valence electrons. The maximum atomic E-state index is 12.5. The first-order valence-corrected chi connectivity index (χ1v) is 4.75. The number of amides is 1. The second kappa shape index (κ2) is 3.88. The first-order chi connectivity index (χ1) is 5.91. The minimum absolute atomic E-state index is 0.372. The number of carbonyl (C=O) groups is 1. The molecule has 1 saturated heterocycles. The van der Waals surface area contributed by atoms with E-state index >= 15 is 0 Å². The summed E-state index contributed by atoms with van der Waals surface area (Å²) in [6.07, 6.45) is 0. The van der Waals surface area contributed by atoms with E-state index in [1.165, 1.54) is 4.90 Å². The second-order valence-corrected chi connectivity index (χ2v) is 4.09. The largest absolute Gasteiger partial charge is 0.377 e. The van der Waals surface area contributed by atoms with E-state index in [4.69, 9.17) is 0 Å². The zero-order chi connectivity index (χ0) is 10.1. The molecule has 1 amide bonds. The number of alkyl halides is 3. The van der Waals surface area contributed by atoms with Crippen LogP contribution in [-0.4, -0.2) is 53.8 Å². The van der Waals surface area contributed by atoms with Gasteiger partial charge in [0.25, 0.3) is 0 Å². The zero-order valence-electron chi connectivity index (χ0n) is 7.26. The van der Waals surface area contributed by atoms with Gasteiger partial charge in [-0.3, -0.25) is 4.79 Å². The van der Waals surface area contributed by atoms with Gasteiger partial charge in [-0.25, -0.2) is 0 Å². The summed E-state index contributed by atoms with van der Waals surface area (Å²) < 4.78 is 25.0. The van der Waals surface area contributed by atoms with Gasteiger partial charge in [-0.15, -0.1) is 0 Å². The highest BCUT2D eigenvalue weighted by molar-refractivity contribution is 9.10. The summed E-state index contributed by atoms with van der Waals surface area (Å²) in [5.74, 6) is -1.14. The van der Waals surface area contributed by atoms with Gasteiger partial charge in [-0.05, 0) is 7.05 Å². The van der Waals surface area contributed by atoms with Crippen LogP contribution in [0.3, 0.4) is 0 Å². The highest BCUT2D eigenvalue weighted by Crippen LogP contribution is 2.24. The Morgan fingerprint density at radius 1 is 1.31 bits per heavy atom. The van der Waals surface area contributed by atoms with Gasteiger partial charge in [-0.1, -0.05) is 0 Å². The van der Waals surface area contributed by atoms with Gasteiger partial charge in [0.1, 0.15) is 0 Å². The van der Waals surface area contributed by atoms with E-state index in [2.05, 4.69) is 15.9 Å². The van der Waals surface area contributed by atoms with Crippen LogP contribution in [0.1, 0.15) is 0 Å². The third-order valence-electron chi connectivity index (χ3n) is 2.03. The van der Waals surface area contributed by atoms with Crippen molar-refractivity contribution in [3.8, 4) is 0 Å². The molecule has 6 heteroatoms. The lowest BCUT2D eigenvalue weighted by Gasteiger charge is -2.33. The summed E-state index contributed by atoms with van der Waals surface area (Å²) in [7, 11) is 1.90. The van der Waals surface area contributed by atoms with Crippen molar-refractivity contribution in [2.24, 2.45) is 0 Å². The van der Waals surface area contributed by atoms with Gasteiger partial charge in [-0.2, -0.15) is 8.78 Å². The first-order valence-electron chi connectivity index (χ1n) is 3.96. The summed E-state index contributed by atoms with van der Waals surface area (Å²) in [6, 6.07) is 0. The number of rotatable bonds is 1. The van der Waals surface area contributed by atoms with Crippen LogP contribution in [0.4, 0.5) is 8.78 Å². The first kappa shape index (κ1) is 10.8. The van der Waals surface area contributed by atoms with Crippen molar-refractivity contribution in [1.82, 2.24) is 9.80 Å². The smallest absolute Gasteiger partial charge is 0.334 e. The highest BCUT2D eigenvalue weighted by Gasteiger charge is 2.39. The van der Waals surface area contributed by atoms with Crippen LogP contribution in [0.25, 0.3) is 0 Å². The number of hydrogen-bond donors (Lipinski definition) is 0. The molecule has 0 bridgehead atoms. The van der Waals surface area contributed by atoms with E-state index in [1.807, 2.05) is 11.9 Å². The fourth-order valence-corrected chi connectivity index (χ4v) is 1.44. The lowest BCUT2D eigenvalue weighted by molar-refractivity contribution is -0.147.